The minimum Gasteiger partial charge on any atom is -0.242 e. The van der Waals surface area contributed by atoms with Crippen molar-refractivity contribution in [1.29, 1.82) is 0 Å². The highest BCUT2D eigenvalue weighted by Crippen LogP contribution is 2.21. The lowest BCUT2D eigenvalue weighted by molar-refractivity contribution is 0.328. The molecule has 3 heteroatoms. The second kappa shape index (κ2) is 5.30. The molecule has 1 aromatic carbocycles. The van der Waals surface area contributed by atoms with E-state index in [-0.39, 0.29) is 13.0 Å². The average molecular weight is 193 g/mol. The highest BCUT2D eigenvalue weighted by Gasteiger charge is 2.07. The summed E-state index contributed by atoms with van der Waals surface area (Å²) < 4.78 is 13.4. The predicted molar refractivity (Wildman–Crippen MR) is 52.6 cm³/mol. The Morgan fingerprint density at radius 2 is 2.07 bits per heavy atom. The number of hydrogen-bond donors (Lipinski definition) is 0. The molecule has 74 valence electrons. The van der Waals surface area contributed by atoms with Gasteiger partial charge in [0.2, 0.25) is 6.08 Å². The normalized spacial score (nSPS) is 11.9. The van der Waals surface area contributed by atoms with E-state index in [9.17, 15) is 9.18 Å². The Balaban J connectivity index is 2.55. The summed E-state index contributed by atoms with van der Waals surface area (Å²) in [6, 6.07) is 7.24. The van der Waals surface area contributed by atoms with Crippen LogP contribution in [-0.2, 0) is 4.79 Å². The van der Waals surface area contributed by atoms with Gasteiger partial charge in [-0.3, -0.25) is 0 Å². The lowest BCUT2D eigenvalue weighted by Crippen LogP contribution is -1.94. The van der Waals surface area contributed by atoms with Gasteiger partial charge < -0.3 is 0 Å². The third kappa shape index (κ3) is 3.11. The van der Waals surface area contributed by atoms with E-state index in [2.05, 4.69) is 4.99 Å². The summed E-state index contributed by atoms with van der Waals surface area (Å²) in [6.07, 6.45) is 0.578. The Labute approximate surface area is 82.5 Å². The van der Waals surface area contributed by atoms with Crippen molar-refractivity contribution in [2.75, 3.05) is 6.54 Å². The lowest BCUT2D eigenvalue weighted by Gasteiger charge is -2.06. The van der Waals surface area contributed by atoms with Crippen molar-refractivity contribution >= 4 is 6.08 Å². The molecule has 14 heavy (non-hydrogen) atoms. The molecule has 0 N–H and O–H groups in total. The Hall–Kier alpha value is -1.47. The maximum Gasteiger partial charge on any atom is 0.234 e. The summed E-state index contributed by atoms with van der Waals surface area (Å²) in [5.41, 5.74) is 1.74. The van der Waals surface area contributed by atoms with Crippen LogP contribution in [0.5, 0.6) is 0 Å². The Bertz CT molecular complexity index is 328. The van der Waals surface area contributed by atoms with Gasteiger partial charge in [0.05, 0.1) is 6.54 Å². The molecule has 2 nitrogen and oxygen atoms in total. The molecule has 0 heterocycles. The quantitative estimate of drug-likeness (QED) is 0.534. The standard InChI is InChI=1S/C11H12FNO/c1-9-2-4-10(5-3-9)11(12)6-7-13-8-14/h2-5,11H,6-7H2,1H3. The average Bonchev–Trinajstić information content (AvgIpc) is 2.19. The largest absolute Gasteiger partial charge is 0.242 e. The fraction of sp³-hybridized carbons (Fsp3) is 0.364. The topological polar surface area (TPSA) is 29.4 Å². The molecular formula is C11H12FNO. The molecular weight excluding hydrogens is 181 g/mol. The molecule has 1 rings (SSSR count). The molecule has 1 atom stereocenters. The molecule has 0 amide bonds. The molecule has 0 fully saturated rings. The first-order chi connectivity index (χ1) is 6.74. The highest BCUT2D eigenvalue weighted by molar-refractivity contribution is 5.32. The van der Waals surface area contributed by atoms with Gasteiger partial charge in [-0.1, -0.05) is 29.8 Å². The molecule has 1 unspecified atom stereocenters. The number of alkyl halides is 1. The summed E-state index contributed by atoms with van der Waals surface area (Å²) in [5.74, 6) is 0. The molecule has 0 aliphatic heterocycles. The number of aryl methyl sites for hydroxylation is 1. The number of isocyanates is 1. The van der Waals surface area contributed by atoms with Crippen LogP contribution in [0, 0.1) is 6.92 Å². The molecule has 0 aliphatic carbocycles. The third-order valence-corrected chi connectivity index (χ3v) is 2.00. The summed E-state index contributed by atoms with van der Waals surface area (Å²) >= 11 is 0. The second-order valence-corrected chi connectivity index (χ2v) is 3.14. The Kier molecular flexibility index (Phi) is 4.02. The molecule has 0 spiro atoms. The van der Waals surface area contributed by atoms with E-state index in [1.807, 2.05) is 19.1 Å². The molecule has 0 saturated heterocycles. The van der Waals surface area contributed by atoms with Crippen molar-refractivity contribution in [2.24, 2.45) is 4.99 Å². The van der Waals surface area contributed by atoms with Gasteiger partial charge >= 0.3 is 0 Å². The lowest BCUT2D eigenvalue weighted by atomic mass is 10.1. The van der Waals surface area contributed by atoms with E-state index >= 15 is 0 Å². The van der Waals surface area contributed by atoms with E-state index in [0.717, 1.165) is 5.56 Å². The van der Waals surface area contributed by atoms with Gasteiger partial charge in [-0.25, -0.2) is 14.2 Å². The summed E-state index contributed by atoms with van der Waals surface area (Å²) in [5, 5.41) is 0. The zero-order chi connectivity index (χ0) is 10.4. The zero-order valence-electron chi connectivity index (χ0n) is 8.03. The monoisotopic (exact) mass is 193 g/mol. The van der Waals surface area contributed by atoms with Gasteiger partial charge in [-0.05, 0) is 12.5 Å². The number of nitrogens with zero attached hydrogens (tertiary/aromatic N) is 1. The van der Waals surface area contributed by atoms with Crippen LogP contribution in [0.3, 0.4) is 0 Å². The van der Waals surface area contributed by atoms with E-state index in [4.69, 9.17) is 0 Å². The van der Waals surface area contributed by atoms with Crippen LogP contribution in [0.15, 0.2) is 29.3 Å². The first-order valence-corrected chi connectivity index (χ1v) is 4.48. The molecule has 0 bridgehead atoms. The molecule has 1 aromatic rings. The van der Waals surface area contributed by atoms with Gasteiger partial charge in [0.25, 0.3) is 0 Å². The van der Waals surface area contributed by atoms with Crippen LogP contribution in [-0.4, -0.2) is 12.6 Å². The van der Waals surface area contributed by atoms with Crippen molar-refractivity contribution in [3.8, 4) is 0 Å². The summed E-state index contributed by atoms with van der Waals surface area (Å²) in [7, 11) is 0. The van der Waals surface area contributed by atoms with E-state index in [1.54, 1.807) is 12.1 Å². The molecule has 0 radical (unpaired) electrons. The van der Waals surface area contributed by atoms with Crippen LogP contribution in [0.4, 0.5) is 4.39 Å². The van der Waals surface area contributed by atoms with E-state index < -0.39 is 6.17 Å². The maximum atomic E-state index is 13.4. The van der Waals surface area contributed by atoms with Crippen LogP contribution in [0.2, 0.25) is 0 Å². The number of hydrogen-bond acceptors (Lipinski definition) is 2. The number of carbonyl (C=O) groups excluding carboxylic acids is 1. The van der Waals surface area contributed by atoms with Crippen molar-refractivity contribution in [2.45, 2.75) is 19.5 Å². The molecule has 0 aliphatic rings. The minimum atomic E-state index is -1.05. The summed E-state index contributed by atoms with van der Waals surface area (Å²) in [6.45, 7) is 2.15. The third-order valence-electron chi connectivity index (χ3n) is 2.00. The van der Waals surface area contributed by atoms with E-state index in [0.29, 0.717) is 5.56 Å². The number of halogens is 1. The first-order valence-electron chi connectivity index (χ1n) is 4.48. The SMILES string of the molecule is Cc1ccc(C(F)CCN=C=O)cc1. The minimum absolute atomic E-state index is 0.193. The van der Waals surface area contributed by atoms with E-state index in [1.165, 1.54) is 6.08 Å². The van der Waals surface area contributed by atoms with Crippen molar-refractivity contribution < 1.29 is 9.18 Å². The van der Waals surface area contributed by atoms with Gasteiger partial charge in [-0.15, -0.1) is 0 Å². The molecule has 0 saturated carbocycles. The Morgan fingerprint density at radius 3 is 2.64 bits per heavy atom. The number of benzene rings is 1. The summed E-state index contributed by atoms with van der Waals surface area (Å²) in [4.78, 5) is 13.1. The van der Waals surface area contributed by atoms with Crippen molar-refractivity contribution in [1.82, 2.24) is 0 Å². The van der Waals surface area contributed by atoms with Gasteiger partial charge in [0.1, 0.15) is 6.17 Å². The smallest absolute Gasteiger partial charge is 0.234 e. The van der Waals surface area contributed by atoms with Crippen LogP contribution in [0.25, 0.3) is 0 Å². The van der Waals surface area contributed by atoms with Crippen molar-refractivity contribution in [3.63, 3.8) is 0 Å². The molecule has 0 aromatic heterocycles. The predicted octanol–water partition coefficient (Wildman–Crippen LogP) is 2.73. The zero-order valence-corrected chi connectivity index (χ0v) is 8.03. The van der Waals surface area contributed by atoms with Crippen molar-refractivity contribution in [3.05, 3.63) is 35.4 Å². The van der Waals surface area contributed by atoms with Crippen LogP contribution in [0.1, 0.15) is 23.7 Å². The van der Waals surface area contributed by atoms with Gasteiger partial charge in [0.15, 0.2) is 0 Å². The maximum absolute atomic E-state index is 13.4. The van der Waals surface area contributed by atoms with Gasteiger partial charge in [0, 0.05) is 6.42 Å². The number of rotatable bonds is 4. The second-order valence-electron chi connectivity index (χ2n) is 3.14. The fourth-order valence-corrected chi connectivity index (χ4v) is 1.17. The van der Waals surface area contributed by atoms with Crippen LogP contribution < -0.4 is 0 Å². The first kappa shape index (κ1) is 10.6. The van der Waals surface area contributed by atoms with Crippen LogP contribution >= 0.6 is 0 Å². The number of aliphatic imine (C=N–C) groups is 1. The fourth-order valence-electron chi connectivity index (χ4n) is 1.17. The van der Waals surface area contributed by atoms with Gasteiger partial charge in [-0.2, -0.15) is 0 Å². The highest BCUT2D eigenvalue weighted by atomic mass is 19.1. The Morgan fingerprint density at radius 1 is 1.43 bits per heavy atom.